The van der Waals surface area contributed by atoms with Crippen LogP contribution in [0.5, 0.6) is 0 Å². The molecule has 0 bridgehead atoms. The van der Waals surface area contributed by atoms with Crippen LogP contribution in [0.15, 0.2) is 47.5 Å². The summed E-state index contributed by atoms with van der Waals surface area (Å²) < 4.78 is 6.43. The zero-order chi connectivity index (χ0) is 21.0. The molecule has 0 aliphatic rings. The number of hydrogen-bond donors (Lipinski definition) is 2. The molecule has 0 radical (unpaired) electrons. The maximum absolute atomic E-state index is 12.5. The van der Waals surface area contributed by atoms with Crippen molar-refractivity contribution in [2.75, 3.05) is 10.6 Å². The van der Waals surface area contributed by atoms with Gasteiger partial charge in [-0.2, -0.15) is 9.78 Å². The van der Waals surface area contributed by atoms with Crippen LogP contribution in [0.4, 0.5) is 15.6 Å². The van der Waals surface area contributed by atoms with Crippen molar-refractivity contribution in [3.63, 3.8) is 0 Å². The van der Waals surface area contributed by atoms with Gasteiger partial charge in [0.2, 0.25) is 0 Å². The first-order valence-corrected chi connectivity index (χ1v) is 9.94. The Hall–Kier alpha value is -2.91. The Bertz CT molecular complexity index is 1060. The van der Waals surface area contributed by atoms with Crippen LogP contribution >= 0.6 is 22.9 Å². The Morgan fingerprint density at radius 1 is 1.24 bits per heavy atom. The molecular weight excluding hydrogens is 414 g/mol. The summed E-state index contributed by atoms with van der Waals surface area (Å²) in [5.41, 5.74) is 0.0414. The Balaban J connectivity index is 1.65. The van der Waals surface area contributed by atoms with E-state index in [0.29, 0.717) is 23.1 Å². The highest BCUT2D eigenvalue weighted by Gasteiger charge is 2.17. The van der Waals surface area contributed by atoms with Crippen molar-refractivity contribution in [3.05, 3.63) is 63.0 Å². The second-order valence-electron chi connectivity index (χ2n) is 7.04. The maximum Gasteiger partial charge on any atom is 0.413 e. The van der Waals surface area contributed by atoms with Gasteiger partial charge in [-0.25, -0.2) is 9.78 Å². The average Bonchev–Trinajstić information content (AvgIpc) is 3.09. The van der Waals surface area contributed by atoms with Gasteiger partial charge in [-0.05, 0) is 32.9 Å². The molecule has 29 heavy (non-hydrogen) atoms. The number of carbonyl (C=O) groups excluding carboxylic acids is 1. The Kier molecular flexibility index (Phi) is 6.19. The van der Waals surface area contributed by atoms with Crippen molar-refractivity contribution >= 4 is 39.8 Å². The molecule has 3 aromatic rings. The van der Waals surface area contributed by atoms with Gasteiger partial charge >= 0.3 is 6.09 Å². The molecule has 3 rings (SSSR count). The number of thiazole rings is 1. The summed E-state index contributed by atoms with van der Waals surface area (Å²) in [6.45, 7) is 5.72. The number of amides is 1. The summed E-state index contributed by atoms with van der Waals surface area (Å²) in [5, 5.41) is 10.3. The Morgan fingerprint density at radius 2 is 1.97 bits per heavy atom. The third kappa shape index (κ3) is 5.55. The van der Waals surface area contributed by atoms with Crippen molar-refractivity contribution in [1.29, 1.82) is 0 Å². The molecule has 0 saturated heterocycles. The van der Waals surface area contributed by atoms with E-state index in [1.807, 2.05) is 18.2 Å². The summed E-state index contributed by atoms with van der Waals surface area (Å²) in [4.78, 5) is 29.3. The lowest BCUT2D eigenvalue weighted by molar-refractivity contribution is 0.0636. The molecule has 10 heteroatoms. The van der Waals surface area contributed by atoms with Crippen LogP contribution in [0.25, 0.3) is 5.69 Å². The van der Waals surface area contributed by atoms with E-state index < -0.39 is 17.3 Å². The topological polar surface area (TPSA) is 98.1 Å². The predicted molar refractivity (Wildman–Crippen MR) is 114 cm³/mol. The summed E-state index contributed by atoms with van der Waals surface area (Å²) >= 11 is 7.51. The Morgan fingerprint density at radius 3 is 2.66 bits per heavy atom. The molecule has 2 aromatic heterocycles. The van der Waals surface area contributed by atoms with Gasteiger partial charge in [0.1, 0.15) is 10.6 Å². The van der Waals surface area contributed by atoms with Gasteiger partial charge < -0.3 is 10.1 Å². The smallest absolute Gasteiger partial charge is 0.413 e. The minimum Gasteiger partial charge on any atom is -0.444 e. The molecule has 152 valence electrons. The van der Waals surface area contributed by atoms with Gasteiger partial charge in [-0.3, -0.25) is 10.1 Å². The van der Waals surface area contributed by atoms with Gasteiger partial charge in [0.05, 0.1) is 24.1 Å². The number of halogens is 1. The van der Waals surface area contributed by atoms with Gasteiger partial charge in [0, 0.05) is 11.1 Å². The number of nitrogens with zero attached hydrogens (tertiary/aromatic N) is 3. The van der Waals surface area contributed by atoms with Crippen LogP contribution in [0, 0.1) is 0 Å². The molecule has 0 aliphatic heterocycles. The van der Waals surface area contributed by atoms with E-state index in [4.69, 9.17) is 16.3 Å². The fourth-order valence-electron chi connectivity index (χ4n) is 2.33. The fraction of sp³-hybridized carbons (Fsp3) is 0.263. The van der Waals surface area contributed by atoms with E-state index >= 15 is 0 Å². The van der Waals surface area contributed by atoms with E-state index in [0.717, 1.165) is 4.88 Å². The van der Waals surface area contributed by atoms with Crippen LogP contribution in [-0.2, 0) is 11.3 Å². The number of carbonyl (C=O) groups is 1. The van der Waals surface area contributed by atoms with E-state index in [1.54, 1.807) is 39.1 Å². The van der Waals surface area contributed by atoms with Crippen molar-refractivity contribution in [1.82, 2.24) is 14.8 Å². The summed E-state index contributed by atoms with van der Waals surface area (Å²) in [6.07, 6.45) is 2.55. The lowest BCUT2D eigenvalue weighted by Crippen LogP contribution is -2.27. The predicted octanol–water partition coefficient (Wildman–Crippen LogP) is 4.30. The van der Waals surface area contributed by atoms with E-state index in [2.05, 4.69) is 20.7 Å². The molecular formula is C19H20ClN5O3S. The number of benzene rings is 1. The average molecular weight is 434 g/mol. The Labute approximate surface area is 176 Å². The first kappa shape index (κ1) is 20.8. The first-order chi connectivity index (χ1) is 13.7. The van der Waals surface area contributed by atoms with E-state index in [9.17, 15) is 9.59 Å². The zero-order valence-corrected chi connectivity index (χ0v) is 17.7. The highest BCUT2D eigenvalue weighted by atomic mass is 35.5. The number of para-hydroxylation sites is 1. The SMILES string of the molecule is CC(C)(C)OC(=O)Nc1ncc(CNc2cnn(-c3ccccc3)c(=O)c2Cl)s1. The highest BCUT2D eigenvalue weighted by Crippen LogP contribution is 2.22. The molecule has 0 aliphatic carbocycles. The normalized spacial score (nSPS) is 11.2. The summed E-state index contributed by atoms with van der Waals surface area (Å²) in [6, 6.07) is 9.03. The number of hydrogen-bond acceptors (Lipinski definition) is 7. The molecule has 2 heterocycles. The maximum atomic E-state index is 12.5. The van der Waals surface area contributed by atoms with E-state index in [-0.39, 0.29) is 5.02 Å². The van der Waals surface area contributed by atoms with Crippen molar-refractivity contribution in [2.45, 2.75) is 32.9 Å². The van der Waals surface area contributed by atoms with Crippen LogP contribution in [-0.4, -0.2) is 26.5 Å². The van der Waals surface area contributed by atoms with Crippen molar-refractivity contribution in [2.24, 2.45) is 0 Å². The molecule has 8 nitrogen and oxygen atoms in total. The summed E-state index contributed by atoms with van der Waals surface area (Å²) in [7, 11) is 0. The number of aromatic nitrogens is 3. The molecule has 1 amide bonds. The molecule has 1 aromatic carbocycles. The molecule has 0 atom stereocenters. The monoisotopic (exact) mass is 433 g/mol. The third-order valence-corrected chi connectivity index (χ3v) is 4.81. The molecule has 0 fully saturated rings. The molecule has 0 spiro atoms. The van der Waals surface area contributed by atoms with Crippen molar-refractivity contribution < 1.29 is 9.53 Å². The van der Waals surface area contributed by atoms with Crippen LogP contribution < -0.4 is 16.2 Å². The molecule has 0 unspecified atom stereocenters. The number of nitrogens with one attached hydrogen (secondary N) is 2. The van der Waals surface area contributed by atoms with Gasteiger partial charge in [-0.15, -0.1) is 0 Å². The minimum atomic E-state index is -0.588. The van der Waals surface area contributed by atoms with Crippen molar-refractivity contribution in [3.8, 4) is 5.69 Å². The molecule has 0 saturated carbocycles. The fourth-order valence-corrected chi connectivity index (χ4v) is 3.26. The largest absolute Gasteiger partial charge is 0.444 e. The quantitative estimate of drug-likeness (QED) is 0.622. The van der Waals surface area contributed by atoms with Gasteiger partial charge in [0.25, 0.3) is 5.56 Å². The lowest BCUT2D eigenvalue weighted by Gasteiger charge is -2.18. The standard InChI is InChI=1S/C19H20ClN5O3S/c1-19(2,3)28-18(27)24-17-22-10-13(29-17)9-21-14-11-23-25(16(26)15(14)20)12-7-5-4-6-8-12/h4-8,10-11,21H,9H2,1-3H3,(H,22,24,27). The van der Waals surface area contributed by atoms with Crippen LogP contribution in [0.1, 0.15) is 25.6 Å². The van der Waals surface area contributed by atoms with Gasteiger partial charge in [-0.1, -0.05) is 41.1 Å². The number of rotatable bonds is 5. The van der Waals surface area contributed by atoms with Gasteiger partial charge in [0.15, 0.2) is 5.13 Å². The molecule has 2 N–H and O–H groups in total. The van der Waals surface area contributed by atoms with Crippen LogP contribution in [0.3, 0.4) is 0 Å². The third-order valence-electron chi connectivity index (χ3n) is 3.53. The number of ether oxygens (including phenoxy) is 1. The van der Waals surface area contributed by atoms with E-state index in [1.165, 1.54) is 22.2 Å². The summed E-state index contributed by atoms with van der Waals surface area (Å²) in [5.74, 6) is 0. The highest BCUT2D eigenvalue weighted by molar-refractivity contribution is 7.15. The van der Waals surface area contributed by atoms with Crippen LogP contribution in [0.2, 0.25) is 5.02 Å². The first-order valence-electron chi connectivity index (χ1n) is 8.75. The lowest BCUT2D eigenvalue weighted by atomic mass is 10.2. The second kappa shape index (κ2) is 8.62. The second-order valence-corrected chi connectivity index (χ2v) is 8.53. The minimum absolute atomic E-state index is 0.0421. The number of anilines is 2. The zero-order valence-electron chi connectivity index (χ0n) is 16.1.